The van der Waals surface area contributed by atoms with Crippen molar-refractivity contribution in [3.63, 3.8) is 0 Å². The van der Waals surface area contributed by atoms with Crippen LogP contribution in [0.1, 0.15) is 78.6 Å². The third-order valence-electron chi connectivity index (χ3n) is 5.21. The number of hydrogen-bond acceptors (Lipinski definition) is 3. The van der Waals surface area contributed by atoms with E-state index in [0.717, 1.165) is 31.6 Å². The summed E-state index contributed by atoms with van der Waals surface area (Å²) in [5.41, 5.74) is 0. The highest BCUT2D eigenvalue weighted by atomic mass is 16.7. The topological polar surface area (TPSA) is 38.7 Å². The molecule has 2 fully saturated rings. The number of aliphatic hydroxyl groups is 1. The lowest BCUT2D eigenvalue weighted by atomic mass is 9.85. The summed E-state index contributed by atoms with van der Waals surface area (Å²) in [7, 11) is 0. The van der Waals surface area contributed by atoms with Gasteiger partial charge in [-0.1, -0.05) is 32.6 Å². The van der Waals surface area contributed by atoms with Crippen LogP contribution in [-0.4, -0.2) is 29.7 Å². The average Bonchev–Trinajstić information content (AvgIpc) is 2.46. The number of hydrogen-bond donors (Lipinski definition) is 1. The smallest absolute Gasteiger partial charge is 0.163 e. The predicted molar refractivity (Wildman–Crippen MR) is 85.1 cm³/mol. The molecule has 0 aromatic rings. The van der Waals surface area contributed by atoms with Crippen LogP contribution in [0.3, 0.4) is 0 Å². The molecule has 0 amide bonds. The van der Waals surface area contributed by atoms with Gasteiger partial charge in [0, 0.05) is 6.61 Å². The first-order valence-electron chi connectivity index (χ1n) is 8.99. The van der Waals surface area contributed by atoms with Crippen molar-refractivity contribution >= 4 is 0 Å². The maximum Gasteiger partial charge on any atom is 0.163 e. The molecule has 0 bridgehead atoms. The highest BCUT2D eigenvalue weighted by molar-refractivity contribution is 4.77. The molecule has 0 aromatic heterocycles. The second-order valence-corrected chi connectivity index (χ2v) is 7.54. The lowest BCUT2D eigenvalue weighted by Gasteiger charge is -2.39. The van der Waals surface area contributed by atoms with Crippen molar-refractivity contribution in [1.29, 1.82) is 0 Å². The van der Waals surface area contributed by atoms with Crippen molar-refractivity contribution in [1.82, 2.24) is 0 Å². The Bertz CT molecular complexity index is 275. The van der Waals surface area contributed by atoms with Crippen LogP contribution < -0.4 is 0 Å². The van der Waals surface area contributed by atoms with Crippen LogP contribution >= 0.6 is 0 Å². The molecule has 0 aliphatic heterocycles. The quantitative estimate of drug-likeness (QED) is 0.744. The van der Waals surface area contributed by atoms with E-state index >= 15 is 0 Å². The van der Waals surface area contributed by atoms with E-state index < -0.39 is 5.79 Å². The van der Waals surface area contributed by atoms with Gasteiger partial charge in [0.25, 0.3) is 0 Å². The summed E-state index contributed by atoms with van der Waals surface area (Å²) in [6.07, 6.45) is 11.3. The zero-order valence-corrected chi connectivity index (χ0v) is 14.1. The fraction of sp³-hybridized carbons (Fsp3) is 1.00. The molecule has 3 heteroatoms. The molecule has 0 radical (unpaired) electrons. The summed E-state index contributed by atoms with van der Waals surface area (Å²) in [5, 5.41) is 9.34. The summed E-state index contributed by atoms with van der Waals surface area (Å²) in [6, 6.07) is 0. The molecule has 2 saturated carbocycles. The molecule has 1 N–H and O–H groups in total. The van der Waals surface area contributed by atoms with Gasteiger partial charge in [-0.2, -0.15) is 0 Å². The molecule has 2 rings (SSSR count). The van der Waals surface area contributed by atoms with E-state index in [0.29, 0.717) is 18.6 Å². The molecular formula is C18H34O3. The Balaban J connectivity index is 1.80. The van der Waals surface area contributed by atoms with Gasteiger partial charge in [-0.15, -0.1) is 0 Å². The Morgan fingerprint density at radius 2 is 1.43 bits per heavy atom. The lowest BCUT2D eigenvalue weighted by Crippen LogP contribution is -2.40. The molecule has 2 aliphatic carbocycles. The first-order valence-corrected chi connectivity index (χ1v) is 8.99. The van der Waals surface area contributed by atoms with Crippen LogP contribution in [0.15, 0.2) is 0 Å². The second-order valence-electron chi connectivity index (χ2n) is 7.54. The van der Waals surface area contributed by atoms with Gasteiger partial charge in [0.2, 0.25) is 0 Å². The molecule has 2 aliphatic rings. The van der Waals surface area contributed by atoms with Gasteiger partial charge in [0.1, 0.15) is 0 Å². The Morgan fingerprint density at radius 3 is 1.95 bits per heavy atom. The Kier molecular flexibility index (Phi) is 6.51. The van der Waals surface area contributed by atoms with E-state index in [9.17, 15) is 5.11 Å². The van der Waals surface area contributed by atoms with Gasteiger partial charge in [0.15, 0.2) is 5.79 Å². The van der Waals surface area contributed by atoms with E-state index in [1.807, 2.05) is 0 Å². The standard InChI is InChI=1S/C18H34O3/c1-4-14-7-5-9-16(11-14)20-18(2,3)21-17-10-6-8-15(12-17)13-19/h14-17,19H,4-13H2,1-3H3. The van der Waals surface area contributed by atoms with Crippen LogP contribution in [0.4, 0.5) is 0 Å². The molecule has 3 nitrogen and oxygen atoms in total. The van der Waals surface area contributed by atoms with E-state index in [1.54, 1.807) is 0 Å². The Hall–Kier alpha value is -0.120. The van der Waals surface area contributed by atoms with Gasteiger partial charge < -0.3 is 14.6 Å². The highest BCUT2D eigenvalue weighted by Crippen LogP contribution is 2.34. The van der Waals surface area contributed by atoms with Crippen LogP contribution in [0, 0.1) is 11.8 Å². The molecule has 0 heterocycles. The van der Waals surface area contributed by atoms with Crippen molar-refractivity contribution in [3.8, 4) is 0 Å². The fourth-order valence-corrected chi connectivity index (χ4v) is 4.06. The molecule has 0 saturated heterocycles. The van der Waals surface area contributed by atoms with Gasteiger partial charge in [-0.05, 0) is 57.8 Å². The molecule has 21 heavy (non-hydrogen) atoms. The molecule has 4 unspecified atom stereocenters. The van der Waals surface area contributed by atoms with Crippen LogP contribution in [0.5, 0.6) is 0 Å². The van der Waals surface area contributed by atoms with E-state index in [-0.39, 0.29) is 6.10 Å². The van der Waals surface area contributed by atoms with E-state index in [4.69, 9.17) is 9.47 Å². The van der Waals surface area contributed by atoms with E-state index in [1.165, 1.54) is 32.1 Å². The normalized spacial score (nSPS) is 34.9. The minimum atomic E-state index is -0.498. The van der Waals surface area contributed by atoms with Crippen molar-refractivity contribution in [3.05, 3.63) is 0 Å². The van der Waals surface area contributed by atoms with Gasteiger partial charge in [0.05, 0.1) is 12.2 Å². The molecule has 124 valence electrons. The maximum atomic E-state index is 9.34. The van der Waals surface area contributed by atoms with Crippen molar-refractivity contribution < 1.29 is 14.6 Å². The molecular weight excluding hydrogens is 264 g/mol. The second kappa shape index (κ2) is 7.94. The average molecular weight is 298 g/mol. The monoisotopic (exact) mass is 298 g/mol. The molecule has 0 spiro atoms. The van der Waals surface area contributed by atoms with Gasteiger partial charge in [-0.3, -0.25) is 0 Å². The lowest BCUT2D eigenvalue weighted by molar-refractivity contribution is -0.268. The van der Waals surface area contributed by atoms with Gasteiger partial charge >= 0.3 is 0 Å². The Labute approximate surface area is 130 Å². The third-order valence-corrected chi connectivity index (χ3v) is 5.21. The van der Waals surface area contributed by atoms with Crippen LogP contribution in [0.25, 0.3) is 0 Å². The van der Waals surface area contributed by atoms with Crippen LogP contribution in [-0.2, 0) is 9.47 Å². The number of rotatable bonds is 6. The van der Waals surface area contributed by atoms with E-state index in [2.05, 4.69) is 20.8 Å². The summed E-state index contributed by atoms with van der Waals surface area (Å²) in [5.74, 6) is 0.745. The molecule has 0 aromatic carbocycles. The minimum Gasteiger partial charge on any atom is -0.396 e. The third kappa shape index (κ3) is 5.54. The number of aliphatic hydroxyl groups excluding tert-OH is 1. The highest BCUT2D eigenvalue weighted by Gasteiger charge is 2.32. The first kappa shape index (κ1) is 17.2. The SMILES string of the molecule is CCC1CCCC(OC(C)(C)OC2CCCC(CO)C2)C1. The van der Waals surface area contributed by atoms with Crippen molar-refractivity contribution in [2.45, 2.75) is 96.6 Å². The summed E-state index contributed by atoms with van der Waals surface area (Å²) >= 11 is 0. The largest absolute Gasteiger partial charge is 0.396 e. The van der Waals surface area contributed by atoms with Gasteiger partial charge in [-0.25, -0.2) is 0 Å². The zero-order valence-electron chi connectivity index (χ0n) is 14.1. The first-order chi connectivity index (χ1) is 10.0. The predicted octanol–water partition coefficient (Wildman–Crippen LogP) is 4.28. The molecule has 4 atom stereocenters. The van der Waals surface area contributed by atoms with Crippen molar-refractivity contribution in [2.24, 2.45) is 11.8 Å². The van der Waals surface area contributed by atoms with Crippen molar-refractivity contribution in [2.75, 3.05) is 6.61 Å². The summed E-state index contributed by atoms with van der Waals surface area (Å²) in [6.45, 7) is 6.70. The maximum absolute atomic E-state index is 9.34. The minimum absolute atomic E-state index is 0.247. The fourth-order valence-electron chi connectivity index (χ4n) is 4.06. The summed E-state index contributed by atoms with van der Waals surface area (Å²) < 4.78 is 12.5. The number of ether oxygens (including phenoxy) is 2. The van der Waals surface area contributed by atoms with Crippen LogP contribution in [0.2, 0.25) is 0 Å². The summed E-state index contributed by atoms with van der Waals surface area (Å²) in [4.78, 5) is 0. The zero-order chi connectivity index (χ0) is 15.3. The Morgan fingerprint density at radius 1 is 0.905 bits per heavy atom.